The number of carbonyl (C=O) groups excluding carboxylic acids is 5. The Balaban J connectivity index is 0.647. The lowest BCUT2D eigenvalue weighted by atomic mass is 9.94. The van der Waals surface area contributed by atoms with E-state index >= 15 is 4.39 Å². The maximum atomic E-state index is 15.7. The second kappa shape index (κ2) is 25.2. The van der Waals surface area contributed by atoms with Crippen LogP contribution in [0.25, 0.3) is 22.3 Å². The Morgan fingerprint density at radius 2 is 1.49 bits per heavy atom. The van der Waals surface area contributed by atoms with Gasteiger partial charge in [-0.2, -0.15) is 0 Å². The highest BCUT2D eigenvalue weighted by molar-refractivity contribution is 7.91. The Bertz CT molecular complexity index is 2860. The zero-order chi connectivity index (χ0) is 52.2. The van der Waals surface area contributed by atoms with Crippen LogP contribution >= 0.6 is 0 Å². The van der Waals surface area contributed by atoms with Crippen molar-refractivity contribution in [2.45, 2.75) is 62.3 Å². The lowest BCUT2D eigenvalue weighted by Crippen LogP contribution is -2.51. The van der Waals surface area contributed by atoms with Crippen molar-refractivity contribution in [1.29, 1.82) is 0 Å². The highest BCUT2D eigenvalue weighted by Crippen LogP contribution is 2.35. The normalized spacial score (nSPS) is 17.8. The molecule has 2 atom stereocenters. The van der Waals surface area contributed by atoms with Crippen molar-refractivity contribution in [2.75, 3.05) is 97.2 Å². The van der Waals surface area contributed by atoms with Crippen LogP contribution in [-0.2, 0) is 56.0 Å². The van der Waals surface area contributed by atoms with Gasteiger partial charge in [-0.05, 0) is 97.9 Å². The molecule has 1 aromatic heterocycles. The number of benzene rings is 3. The third kappa shape index (κ3) is 13.3. The number of nitrogens with one attached hydrogen (secondary N) is 2. The summed E-state index contributed by atoms with van der Waals surface area (Å²) in [5, 5.41) is 5.47. The molecule has 4 N–H and O–H groups in total. The molecule has 5 heterocycles. The molecule has 20 heteroatoms. The first kappa shape index (κ1) is 53.9. The minimum Gasteiger partial charge on any atom is -0.383 e. The first-order chi connectivity index (χ1) is 35.8. The molecule has 0 spiro atoms. The second-order valence-electron chi connectivity index (χ2n) is 18.7. The smallest absolute Gasteiger partial charge is 0.262 e. The molecule has 2 unspecified atom stereocenters. The summed E-state index contributed by atoms with van der Waals surface area (Å²) in [6, 6.07) is 15.3. The Morgan fingerprint density at radius 3 is 2.20 bits per heavy atom. The number of aromatic nitrogens is 1. The van der Waals surface area contributed by atoms with E-state index in [4.69, 9.17) is 29.4 Å². The van der Waals surface area contributed by atoms with E-state index in [1.54, 1.807) is 35.2 Å². The number of amides is 5. The molecule has 0 aliphatic carbocycles. The van der Waals surface area contributed by atoms with Gasteiger partial charge in [-0.3, -0.25) is 28.9 Å². The molecule has 3 aromatic carbocycles. The van der Waals surface area contributed by atoms with Gasteiger partial charge >= 0.3 is 0 Å². The van der Waals surface area contributed by atoms with Crippen LogP contribution in [0.15, 0.2) is 84.0 Å². The molecule has 18 nitrogen and oxygen atoms in total. The van der Waals surface area contributed by atoms with E-state index in [0.29, 0.717) is 151 Å². The van der Waals surface area contributed by atoms with Gasteiger partial charge in [0.1, 0.15) is 17.7 Å². The molecule has 0 radical (unpaired) electrons. The van der Waals surface area contributed by atoms with Crippen molar-refractivity contribution in [1.82, 2.24) is 25.4 Å². The van der Waals surface area contributed by atoms with Crippen molar-refractivity contribution in [3.05, 3.63) is 113 Å². The minimum absolute atomic E-state index is 0.125. The second-order valence-corrected chi connectivity index (χ2v) is 20.7. The highest BCUT2D eigenvalue weighted by Gasteiger charge is 2.45. The molecule has 2 saturated heterocycles. The predicted molar refractivity (Wildman–Crippen MR) is 271 cm³/mol. The van der Waals surface area contributed by atoms with Crippen molar-refractivity contribution < 1.29 is 60.5 Å². The molecule has 2 fully saturated rings. The number of carbonyl (C=O) groups is 5. The number of nitrogens with two attached hydrogens (primary N) is 1. The van der Waals surface area contributed by atoms with Crippen LogP contribution in [0.1, 0.15) is 80.7 Å². The number of hydrogen-bond acceptors (Lipinski definition) is 14. The van der Waals surface area contributed by atoms with Gasteiger partial charge in [-0.15, -0.1) is 0 Å². The number of aryl methyl sites for hydroxylation is 1. The standard InChI is InChI=1S/C54H63FN6O12S/c1-35-9-14-47(52(64)59-35)61-53(65)44-8-2-6-37(49(44)54(61)66)7-4-19-69-21-23-71-25-27-73-28-26-72-24-22-70-20-16-48(62)60-18-3-5-36(33-60)34-74(67,68)41-11-13-42(46(55)31-41)40-30-45(50(56)58-32-40)38-10-12-43-39(29-38)15-17-57-51(43)63/h2,6,8,10-13,29-32,36,47H,1,3-5,7,9,14-28,33-34H2,(H2,56,58)(H,57,63)(H,59,64). The van der Waals surface area contributed by atoms with Gasteiger partial charge in [0, 0.05) is 60.4 Å². The summed E-state index contributed by atoms with van der Waals surface area (Å²) < 4.78 is 70.8. The van der Waals surface area contributed by atoms with E-state index < -0.39 is 39.4 Å². The fraction of sp³-hybridized carbons (Fsp3) is 0.444. The van der Waals surface area contributed by atoms with Crippen LogP contribution in [0.5, 0.6) is 0 Å². The summed E-state index contributed by atoms with van der Waals surface area (Å²) in [4.78, 5) is 71.2. The summed E-state index contributed by atoms with van der Waals surface area (Å²) in [7, 11) is -3.89. The topological polar surface area (TPSA) is 235 Å². The number of fused-ring (bicyclic) bond motifs is 2. The maximum absolute atomic E-state index is 15.7. The van der Waals surface area contributed by atoms with E-state index in [9.17, 15) is 32.4 Å². The average molecular weight is 1040 g/mol. The summed E-state index contributed by atoms with van der Waals surface area (Å²) in [5.74, 6) is -2.56. The first-order valence-electron chi connectivity index (χ1n) is 25.1. The minimum atomic E-state index is -3.89. The third-order valence-corrected chi connectivity index (χ3v) is 15.4. The van der Waals surface area contributed by atoms with E-state index in [2.05, 4.69) is 22.2 Å². The molecule has 5 amide bonds. The van der Waals surface area contributed by atoms with Gasteiger partial charge in [0.25, 0.3) is 17.7 Å². The number of nitrogen functional groups attached to an aromatic ring is 1. The number of nitrogens with zero attached hydrogens (tertiary/aromatic N) is 3. The van der Waals surface area contributed by atoms with E-state index in [0.717, 1.165) is 27.7 Å². The first-order valence-corrected chi connectivity index (χ1v) is 26.8. The Labute approximate surface area is 430 Å². The number of imide groups is 1. The van der Waals surface area contributed by atoms with Crippen LogP contribution in [0.3, 0.4) is 0 Å². The number of rotatable bonds is 25. The fourth-order valence-electron chi connectivity index (χ4n) is 9.74. The lowest BCUT2D eigenvalue weighted by molar-refractivity contribution is -0.134. The summed E-state index contributed by atoms with van der Waals surface area (Å²) in [6.07, 6.45) is 5.55. The van der Waals surface area contributed by atoms with Crippen LogP contribution in [0, 0.1) is 11.7 Å². The summed E-state index contributed by atoms with van der Waals surface area (Å²) in [5.41, 5.74) is 11.6. The zero-order valence-electron chi connectivity index (χ0n) is 41.4. The Hall–Kier alpha value is -6.42. The van der Waals surface area contributed by atoms with Gasteiger partial charge in [0.2, 0.25) is 11.8 Å². The van der Waals surface area contributed by atoms with Crippen LogP contribution in [-0.4, -0.2) is 150 Å². The van der Waals surface area contributed by atoms with E-state index in [1.165, 1.54) is 18.3 Å². The van der Waals surface area contributed by atoms with Crippen molar-refractivity contribution in [2.24, 2.45) is 5.92 Å². The molecular weight excluding hydrogens is 976 g/mol. The summed E-state index contributed by atoms with van der Waals surface area (Å²) in [6.45, 7) is 8.60. The molecule has 0 saturated carbocycles. The van der Waals surface area contributed by atoms with Gasteiger partial charge < -0.3 is 45.0 Å². The molecule has 394 valence electrons. The van der Waals surface area contributed by atoms with Gasteiger partial charge in [-0.1, -0.05) is 36.9 Å². The number of piperidine rings is 2. The average Bonchev–Trinajstić information content (AvgIpc) is 3.64. The molecular formula is C54H63FN6O12S. The van der Waals surface area contributed by atoms with Gasteiger partial charge in [0.05, 0.1) is 87.7 Å². The molecule has 8 rings (SSSR count). The number of hydrogen-bond donors (Lipinski definition) is 3. The fourth-order valence-corrected chi connectivity index (χ4v) is 11.4. The van der Waals surface area contributed by atoms with Gasteiger partial charge in [-0.25, -0.2) is 17.8 Å². The van der Waals surface area contributed by atoms with Crippen molar-refractivity contribution in [3.63, 3.8) is 0 Å². The third-order valence-electron chi connectivity index (χ3n) is 13.5. The number of sulfone groups is 1. The van der Waals surface area contributed by atoms with E-state index in [1.807, 2.05) is 12.1 Å². The van der Waals surface area contributed by atoms with Crippen LogP contribution in [0.2, 0.25) is 0 Å². The van der Waals surface area contributed by atoms with Crippen LogP contribution < -0.4 is 16.4 Å². The zero-order valence-corrected chi connectivity index (χ0v) is 42.2. The lowest BCUT2D eigenvalue weighted by Gasteiger charge is -2.32. The molecule has 4 aromatic rings. The Kier molecular flexibility index (Phi) is 18.3. The quantitative estimate of drug-likeness (QED) is 0.0590. The highest BCUT2D eigenvalue weighted by atomic mass is 32.2. The van der Waals surface area contributed by atoms with Gasteiger partial charge in [0.15, 0.2) is 9.84 Å². The van der Waals surface area contributed by atoms with Crippen LogP contribution in [0.4, 0.5) is 10.2 Å². The predicted octanol–water partition coefficient (Wildman–Crippen LogP) is 4.93. The number of likely N-dealkylation sites (tertiary alicyclic amines) is 1. The van der Waals surface area contributed by atoms with Crippen molar-refractivity contribution in [3.8, 4) is 22.3 Å². The SMILES string of the molecule is C=C1CCC(N2C(=O)c3cccc(CCCOCCOCCOCCOCCOCCC(=O)N4CCCC(CS(=O)(=O)c5ccc(-c6cnc(N)c(-c7ccc8c(c7)CCNC8=O)c6)c(F)c5)C4)c3C2=O)C(=O)N1. The Morgan fingerprint density at radius 1 is 0.784 bits per heavy atom. The number of pyridine rings is 1. The molecule has 4 aliphatic heterocycles. The number of halogens is 1. The molecule has 0 bridgehead atoms. The largest absolute Gasteiger partial charge is 0.383 e. The molecule has 74 heavy (non-hydrogen) atoms. The number of ether oxygens (including phenoxy) is 5. The van der Waals surface area contributed by atoms with Crippen molar-refractivity contribution >= 4 is 45.2 Å². The maximum Gasteiger partial charge on any atom is 0.262 e. The number of anilines is 1. The monoisotopic (exact) mass is 1040 g/mol. The molecule has 4 aliphatic rings. The van der Waals surface area contributed by atoms with E-state index in [-0.39, 0.29) is 59.3 Å². The summed E-state index contributed by atoms with van der Waals surface area (Å²) >= 11 is 0. The number of allylic oxidation sites excluding steroid dienone is 1.